The zero-order valence-electron chi connectivity index (χ0n) is 16.1. The van der Waals surface area contributed by atoms with Crippen LogP contribution in [0.2, 0.25) is 0 Å². The molecular formula is C21H39N. The lowest BCUT2D eigenvalue weighted by Crippen LogP contribution is -2.22. The van der Waals surface area contributed by atoms with E-state index in [1.807, 2.05) is 39.8 Å². The Hall–Kier alpha value is -1.50. The van der Waals surface area contributed by atoms with Crippen molar-refractivity contribution in [3.05, 3.63) is 61.9 Å². The first-order valence-corrected chi connectivity index (χ1v) is 8.38. The van der Waals surface area contributed by atoms with E-state index < -0.39 is 0 Å². The lowest BCUT2D eigenvalue weighted by atomic mass is 9.81. The Balaban J connectivity index is -0.000000535. The van der Waals surface area contributed by atoms with Gasteiger partial charge in [0, 0.05) is 11.7 Å². The minimum atomic E-state index is 0.209. The molecule has 0 aromatic heterocycles. The molecule has 1 unspecified atom stereocenters. The Bertz CT molecular complexity index is 345. The lowest BCUT2D eigenvalue weighted by Gasteiger charge is -2.25. The van der Waals surface area contributed by atoms with Crippen molar-refractivity contribution < 1.29 is 0 Å². The average Bonchev–Trinajstić information content (AvgIpc) is 3.01. The predicted molar refractivity (Wildman–Crippen MR) is 106 cm³/mol. The van der Waals surface area contributed by atoms with Gasteiger partial charge in [-0.1, -0.05) is 71.9 Å². The molecule has 1 atom stereocenters. The van der Waals surface area contributed by atoms with Crippen molar-refractivity contribution >= 4 is 0 Å². The van der Waals surface area contributed by atoms with Gasteiger partial charge in [-0.2, -0.15) is 0 Å². The van der Waals surface area contributed by atoms with E-state index in [0.717, 1.165) is 18.5 Å². The zero-order chi connectivity index (χ0) is 18.2. The van der Waals surface area contributed by atoms with Crippen molar-refractivity contribution in [1.82, 2.24) is 5.32 Å². The molecule has 0 radical (unpaired) electrons. The van der Waals surface area contributed by atoms with E-state index in [1.54, 1.807) is 0 Å². The fourth-order valence-corrected chi connectivity index (χ4v) is 1.89. The van der Waals surface area contributed by atoms with E-state index in [9.17, 15) is 0 Å². The monoisotopic (exact) mass is 305 g/mol. The Morgan fingerprint density at radius 1 is 1.23 bits per heavy atom. The standard InChI is InChI=1S/C15H23N.2C2H6.C2H4/c1-6-10-15(4,5)12(3)11-14-9-8-13(7-2)16-14;3*1-2/h6-8,11,14,16H,1-2,9-10H2,3-5H3;2*1-2H3;1-2H2/b12-11+;;;. The maximum absolute atomic E-state index is 3.82. The smallest absolute Gasteiger partial charge is 0.0482 e. The Morgan fingerprint density at radius 2 is 1.73 bits per heavy atom. The summed E-state index contributed by atoms with van der Waals surface area (Å²) in [5.74, 6) is 0. The second-order valence-corrected chi connectivity index (χ2v) is 5.08. The van der Waals surface area contributed by atoms with E-state index >= 15 is 0 Å². The van der Waals surface area contributed by atoms with Gasteiger partial charge in [0.1, 0.15) is 0 Å². The van der Waals surface area contributed by atoms with Crippen molar-refractivity contribution in [2.45, 2.75) is 67.3 Å². The van der Waals surface area contributed by atoms with E-state index in [2.05, 4.69) is 64.6 Å². The van der Waals surface area contributed by atoms with Crippen LogP contribution in [-0.2, 0) is 0 Å². The normalized spacial score (nSPS) is 16.2. The maximum atomic E-state index is 3.82. The highest BCUT2D eigenvalue weighted by atomic mass is 14.9. The lowest BCUT2D eigenvalue weighted by molar-refractivity contribution is 0.449. The molecule has 1 aliphatic heterocycles. The molecule has 1 aliphatic rings. The van der Waals surface area contributed by atoms with Gasteiger partial charge in [-0.25, -0.2) is 0 Å². The van der Waals surface area contributed by atoms with Gasteiger partial charge in [0.15, 0.2) is 0 Å². The fourth-order valence-electron chi connectivity index (χ4n) is 1.89. The number of hydrogen-bond donors (Lipinski definition) is 1. The van der Waals surface area contributed by atoms with Crippen molar-refractivity contribution in [2.75, 3.05) is 0 Å². The third-order valence-corrected chi connectivity index (χ3v) is 3.34. The van der Waals surface area contributed by atoms with Crippen LogP contribution in [0.15, 0.2) is 61.9 Å². The quantitative estimate of drug-likeness (QED) is 0.549. The molecule has 1 nitrogen and oxygen atoms in total. The highest BCUT2D eigenvalue weighted by Crippen LogP contribution is 2.31. The Kier molecular flexibility index (Phi) is 18.4. The molecule has 0 spiro atoms. The molecule has 1 N–H and O–H groups in total. The summed E-state index contributed by atoms with van der Waals surface area (Å²) in [6.45, 7) is 28.3. The van der Waals surface area contributed by atoms with E-state index in [4.69, 9.17) is 0 Å². The Labute approximate surface area is 140 Å². The second kappa shape index (κ2) is 15.9. The molecule has 0 fully saturated rings. The van der Waals surface area contributed by atoms with Gasteiger partial charge >= 0.3 is 0 Å². The van der Waals surface area contributed by atoms with Crippen LogP contribution < -0.4 is 5.32 Å². The maximum Gasteiger partial charge on any atom is 0.0482 e. The van der Waals surface area contributed by atoms with Crippen LogP contribution in [0.1, 0.15) is 61.3 Å². The molecule has 0 saturated carbocycles. The number of rotatable bonds is 5. The van der Waals surface area contributed by atoms with Crippen LogP contribution in [0.4, 0.5) is 0 Å². The van der Waals surface area contributed by atoms with E-state index in [-0.39, 0.29) is 5.41 Å². The van der Waals surface area contributed by atoms with Gasteiger partial charge < -0.3 is 5.32 Å². The molecule has 0 amide bonds. The molecule has 1 heterocycles. The van der Waals surface area contributed by atoms with E-state index in [1.165, 1.54) is 5.57 Å². The first-order valence-electron chi connectivity index (χ1n) is 8.38. The molecular weight excluding hydrogens is 266 g/mol. The summed E-state index contributed by atoms with van der Waals surface area (Å²) >= 11 is 0. The summed E-state index contributed by atoms with van der Waals surface area (Å²) in [6.07, 6.45) is 10.5. The summed E-state index contributed by atoms with van der Waals surface area (Å²) < 4.78 is 0. The van der Waals surface area contributed by atoms with Gasteiger partial charge in [0.2, 0.25) is 0 Å². The fraction of sp³-hybridized carbons (Fsp3) is 0.524. The van der Waals surface area contributed by atoms with Crippen LogP contribution >= 0.6 is 0 Å². The summed E-state index contributed by atoms with van der Waals surface area (Å²) in [4.78, 5) is 0. The molecule has 1 rings (SSSR count). The molecule has 22 heavy (non-hydrogen) atoms. The first-order chi connectivity index (χ1) is 10.5. The van der Waals surface area contributed by atoms with Crippen LogP contribution in [0.25, 0.3) is 0 Å². The first kappa shape index (κ1) is 25.5. The average molecular weight is 306 g/mol. The molecule has 128 valence electrons. The minimum absolute atomic E-state index is 0.209. The molecule has 1 heteroatoms. The third kappa shape index (κ3) is 10.3. The predicted octanol–water partition coefficient (Wildman–Crippen LogP) is 6.82. The SMILES string of the molecule is C=C.C=CCC(C)(C)/C(C)=C/C1CC=C(C=C)N1.CC.CC. The molecule has 0 bridgehead atoms. The topological polar surface area (TPSA) is 12.0 Å². The van der Waals surface area contributed by atoms with Crippen molar-refractivity contribution in [2.24, 2.45) is 5.41 Å². The number of allylic oxidation sites excluding steroid dienone is 3. The summed E-state index contributed by atoms with van der Waals surface area (Å²) in [7, 11) is 0. The van der Waals surface area contributed by atoms with Crippen LogP contribution in [0.3, 0.4) is 0 Å². The summed E-state index contributed by atoms with van der Waals surface area (Å²) in [6, 6.07) is 0.428. The van der Waals surface area contributed by atoms with Crippen LogP contribution in [0.5, 0.6) is 0 Å². The molecule has 0 aromatic rings. The van der Waals surface area contributed by atoms with Gasteiger partial charge in [0.25, 0.3) is 0 Å². The van der Waals surface area contributed by atoms with Gasteiger partial charge in [-0.3, -0.25) is 0 Å². The molecule has 0 saturated heterocycles. The second-order valence-electron chi connectivity index (χ2n) is 5.08. The molecule has 0 aromatic carbocycles. The van der Waals surface area contributed by atoms with Crippen molar-refractivity contribution in [1.29, 1.82) is 0 Å². The van der Waals surface area contributed by atoms with Crippen molar-refractivity contribution in [3.8, 4) is 0 Å². The van der Waals surface area contributed by atoms with Crippen molar-refractivity contribution in [3.63, 3.8) is 0 Å². The van der Waals surface area contributed by atoms with Gasteiger partial charge in [0.05, 0.1) is 0 Å². The molecule has 0 aliphatic carbocycles. The largest absolute Gasteiger partial charge is 0.379 e. The highest BCUT2D eigenvalue weighted by Gasteiger charge is 2.20. The van der Waals surface area contributed by atoms with E-state index in [0.29, 0.717) is 6.04 Å². The number of hydrogen-bond acceptors (Lipinski definition) is 1. The minimum Gasteiger partial charge on any atom is -0.379 e. The highest BCUT2D eigenvalue weighted by molar-refractivity contribution is 5.25. The zero-order valence-corrected chi connectivity index (χ0v) is 16.1. The summed E-state index contributed by atoms with van der Waals surface area (Å²) in [5, 5.41) is 3.43. The Morgan fingerprint density at radius 3 is 2.09 bits per heavy atom. The third-order valence-electron chi connectivity index (χ3n) is 3.34. The number of nitrogens with one attached hydrogen (secondary N) is 1. The van der Waals surface area contributed by atoms with Crippen LogP contribution in [-0.4, -0.2) is 6.04 Å². The summed E-state index contributed by atoms with van der Waals surface area (Å²) in [5.41, 5.74) is 2.78. The van der Waals surface area contributed by atoms with Gasteiger partial charge in [-0.05, 0) is 31.3 Å². The van der Waals surface area contributed by atoms with Gasteiger partial charge in [-0.15, -0.1) is 19.7 Å². The van der Waals surface area contributed by atoms with Crippen LogP contribution in [0, 0.1) is 5.41 Å².